The molecule has 0 saturated heterocycles. The normalized spacial score (nSPS) is 12.8. The summed E-state index contributed by atoms with van der Waals surface area (Å²) in [5.41, 5.74) is 10.6. The van der Waals surface area contributed by atoms with Crippen molar-refractivity contribution >= 4 is 50.6 Å². The summed E-state index contributed by atoms with van der Waals surface area (Å²) in [6.07, 6.45) is 1.95. The summed E-state index contributed by atoms with van der Waals surface area (Å²) in [6, 6.07) is 42.9. The SMILES string of the molecule is CC(C)c1cccc(C(C)C)c1-n1c(-c2[c-]cc3oc4ccccc4c3c2)nc2ccccc21.[2H]C([2H])([2H])c1c[c-]c(-c2cc[c]([Ge]([CH3])([CH3])[CH3])cn2)cc1.[Ir]. The van der Waals surface area contributed by atoms with Crippen LogP contribution >= 0.6 is 0 Å². The summed E-state index contributed by atoms with van der Waals surface area (Å²) < 4.78 is 31.8. The van der Waals surface area contributed by atoms with Gasteiger partial charge in [-0.05, 0) is 41.2 Å². The van der Waals surface area contributed by atoms with E-state index in [1.807, 2.05) is 30.5 Å². The molecule has 8 aromatic rings. The van der Waals surface area contributed by atoms with Gasteiger partial charge in [-0.2, -0.15) is 0 Å². The van der Waals surface area contributed by atoms with E-state index in [0.29, 0.717) is 17.4 Å². The standard InChI is InChI=1S/C31H27N2O.C15H18GeN.Ir/c1-19(2)22-11-9-12-23(20(3)4)30(22)33-27-14-7-6-13-26(27)32-31(33)21-16-17-29-25(18-21)24-10-5-8-15-28(24)34-29;1-12-5-7-13(8-6-12)15-10-9-14(11-17-15)16(2,3)4;/h5-15,17-20H,1-4H3;5-7,9-11H,1-4H3;/q2*-1;/i;1D3;. The molecule has 0 aliphatic rings. The van der Waals surface area contributed by atoms with Crippen molar-refractivity contribution in [3.8, 4) is 28.3 Å². The van der Waals surface area contributed by atoms with Crippen LogP contribution in [0.5, 0.6) is 0 Å². The molecule has 0 N–H and O–H groups in total. The van der Waals surface area contributed by atoms with E-state index in [9.17, 15) is 0 Å². The molecule has 0 atom stereocenters. The summed E-state index contributed by atoms with van der Waals surface area (Å²) in [5.74, 6) is 8.65. The number of benzene rings is 5. The summed E-state index contributed by atoms with van der Waals surface area (Å²) in [4.78, 5) is 9.61. The van der Waals surface area contributed by atoms with Crippen molar-refractivity contribution in [2.45, 2.75) is 63.7 Å². The van der Waals surface area contributed by atoms with Crippen LogP contribution in [0.1, 0.15) is 60.3 Å². The van der Waals surface area contributed by atoms with E-state index in [4.69, 9.17) is 13.5 Å². The van der Waals surface area contributed by atoms with Crippen LogP contribution in [0, 0.1) is 19.0 Å². The fraction of sp³-hybridized carbons (Fsp3) is 0.217. The molecule has 6 heteroatoms. The number of aryl methyl sites for hydroxylation is 1. The summed E-state index contributed by atoms with van der Waals surface area (Å²) in [5, 5.41) is 2.20. The second-order valence-corrected chi connectivity index (χ2v) is 25.4. The van der Waals surface area contributed by atoms with Gasteiger partial charge in [0.2, 0.25) is 0 Å². The summed E-state index contributed by atoms with van der Waals surface area (Å²) in [7, 11) is 0. The van der Waals surface area contributed by atoms with E-state index >= 15 is 0 Å². The molecule has 1 radical (unpaired) electrons. The van der Waals surface area contributed by atoms with Crippen LogP contribution in [-0.2, 0) is 20.1 Å². The van der Waals surface area contributed by atoms with Gasteiger partial charge in [-0.25, -0.2) is 0 Å². The van der Waals surface area contributed by atoms with Crippen molar-refractivity contribution in [2.75, 3.05) is 0 Å². The second-order valence-electron chi connectivity index (χ2n) is 14.7. The third-order valence-corrected chi connectivity index (χ3v) is 13.7. The Balaban J connectivity index is 0.000000211. The van der Waals surface area contributed by atoms with Gasteiger partial charge in [0.05, 0.1) is 22.4 Å². The van der Waals surface area contributed by atoms with E-state index in [1.54, 1.807) is 12.1 Å². The smallest absolute Gasteiger partial charge is 0 e. The fourth-order valence-electron chi connectivity index (χ4n) is 6.58. The Hall–Kier alpha value is -4.29. The van der Waals surface area contributed by atoms with Crippen LogP contribution in [-0.4, -0.2) is 27.8 Å². The number of aromatic nitrogens is 3. The minimum atomic E-state index is -2.08. The quantitative estimate of drug-likeness (QED) is 0.123. The number of hydrogen-bond donors (Lipinski definition) is 0. The van der Waals surface area contributed by atoms with Crippen molar-refractivity contribution in [3.63, 3.8) is 0 Å². The van der Waals surface area contributed by atoms with Crippen LogP contribution < -0.4 is 4.40 Å². The van der Waals surface area contributed by atoms with Crippen molar-refractivity contribution in [1.29, 1.82) is 0 Å². The Morgan fingerprint density at radius 3 is 2.10 bits per heavy atom. The average Bonchev–Trinajstić information content (AvgIpc) is 3.72. The molecule has 8 rings (SSSR count). The van der Waals surface area contributed by atoms with Gasteiger partial charge in [-0.3, -0.25) is 4.98 Å². The summed E-state index contributed by atoms with van der Waals surface area (Å²) >= 11 is -1.83. The Morgan fingerprint density at radius 1 is 0.731 bits per heavy atom. The minimum Gasteiger partial charge on any atom is 0 e. The second kappa shape index (κ2) is 15.4. The minimum absolute atomic E-state index is 0. The van der Waals surface area contributed by atoms with Crippen LogP contribution in [0.4, 0.5) is 0 Å². The monoisotopic (exact) mass is 925 g/mol. The van der Waals surface area contributed by atoms with Gasteiger partial charge in [0.15, 0.2) is 0 Å². The van der Waals surface area contributed by atoms with Crippen LogP contribution in [0.3, 0.4) is 0 Å². The molecular weight excluding hydrogens is 875 g/mol. The third kappa shape index (κ3) is 7.46. The first-order chi connectivity index (χ1) is 25.7. The number of para-hydroxylation sites is 4. The molecule has 52 heavy (non-hydrogen) atoms. The maximum absolute atomic E-state index is 7.35. The number of fused-ring (bicyclic) bond motifs is 4. The Labute approximate surface area is 328 Å². The largest absolute Gasteiger partial charge is 0 e. The zero-order valence-electron chi connectivity index (χ0n) is 33.7. The van der Waals surface area contributed by atoms with Gasteiger partial charge in [-0.1, -0.05) is 81.6 Å². The topological polar surface area (TPSA) is 43.9 Å². The van der Waals surface area contributed by atoms with Crippen LogP contribution in [0.2, 0.25) is 17.3 Å². The summed E-state index contributed by atoms with van der Waals surface area (Å²) in [6.45, 7) is 6.97. The molecule has 0 saturated carbocycles. The number of rotatable bonds is 6. The maximum Gasteiger partial charge on any atom is 0 e. The van der Waals surface area contributed by atoms with Gasteiger partial charge in [0.1, 0.15) is 5.58 Å². The Bertz CT molecular complexity index is 2500. The van der Waals surface area contributed by atoms with E-state index in [2.05, 4.69) is 133 Å². The van der Waals surface area contributed by atoms with E-state index in [1.165, 1.54) is 27.3 Å². The molecule has 4 nitrogen and oxygen atoms in total. The maximum atomic E-state index is 7.35. The molecule has 5 aromatic carbocycles. The van der Waals surface area contributed by atoms with E-state index < -0.39 is 20.1 Å². The van der Waals surface area contributed by atoms with E-state index in [0.717, 1.165) is 55.6 Å². The van der Waals surface area contributed by atoms with Crippen LogP contribution in [0.25, 0.3) is 61.3 Å². The molecule has 0 bridgehead atoms. The van der Waals surface area contributed by atoms with Crippen molar-refractivity contribution < 1.29 is 28.6 Å². The average molecular weight is 924 g/mol. The van der Waals surface area contributed by atoms with Gasteiger partial charge < -0.3 is 8.98 Å². The predicted octanol–water partition coefficient (Wildman–Crippen LogP) is 12.0. The van der Waals surface area contributed by atoms with Gasteiger partial charge in [0, 0.05) is 31.2 Å². The Morgan fingerprint density at radius 2 is 1.44 bits per heavy atom. The van der Waals surface area contributed by atoms with Crippen molar-refractivity contribution in [3.05, 3.63) is 144 Å². The van der Waals surface area contributed by atoms with Gasteiger partial charge >= 0.3 is 110 Å². The van der Waals surface area contributed by atoms with Crippen molar-refractivity contribution in [2.24, 2.45) is 0 Å². The number of furan rings is 1. The first-order valence-corrected chi connectivity index (χ1v) is 25.0. The molecule has 0 aliphatic heterocycles. The first kappa shape index (κ1) is 33.5. The fourth-order valence-corrected chi connectivity index (χ4v) is 8.75. The third-order valence-electron chi connectivity index (χ3n) is 9.40. The van der Waals surface area contributed by atoms with Gasteiger partial charge in [-0.15, -0.1) is 23.8 Å². The first-order valence-electron chi connectivity index (χ1n) is 19.1. The molecule has 3 heterocycles. The molecule has 0 unspecified atom stereocenters. The molecule has 0 aliphatic carbocycles. The number of imidazole rings is 1. The van der Waals surface area contributed by atoms with Crippen LogP contribution in [0.15, 0.2) is 120 Å². The zero-order chi connectivity index (χ0) is 38.4. The number of hydrogen-bond acceptors (Lipinski definition) is 3. The van der Waals surface area contributed by atoms with Crippen molar-refractivity contribution in [1.82, 2.24) is 14.5 Å². The molecule has 265 valence electrons. The molecular formula is C46H45GeIrN3O-2. The molecule has 0 fully saturated rings. The predicted molar refractivity (Wildman–Crippen MR) is 217 cm³/mol. The number of pyridine rings is 1. The Kier molecular flexibility index (Phi) is 9.91. The molecule has 0 amide bonds. The van der Waals surface area contributed by atoms with E-state index in [-0.39, 0.29) is 20.1 Å². The van der Waals surface area contributed by atoms with Gasteiger partial charge in [0.25, 0.3) is 0 Å². The molecule has 0 spiro atoms. The number of nitrogens with zero attached hydrogens (tertiary/aromatic N) is 3. The zero-order valence-corrected chi connectivity index (χ0v) is 35.2. The molecule has 3 aromatic heterocycles.